The highest BCUT2D eigenvalue weighted by molar-refractivity contribution is 6.17. The quantitative estimate of drug-likeness (QED) is 0.184. The predicted molar refractivity (Wildman–Crippen MR) is 218 cm³/mol. The molecule has 0 N–H and O–H groups in total. The van der Waals surface area contributed by atoms with Gasteiger partial charge in [-0.1, -0.05) is 127 Å². The van der Waals surface area contributed by atoms with Crippen LogP contribution in [0.15, 0.2) is 173 Å². The van der Waals surface area contributed by atoms with E-state index in [0.717, 1.165) is 71.7 Å². The molecule has 0 atom stereocenters. The van der Waals surface area contributed by atoms with Gasteiger partial charge in [0, 0.05) is 43.8 Å². The minimum atomic E-state index is 0.571. The van der Waals surface area contributed by atoms with Gasteiger partial charge in [0.1, 0.15) is 22.3 Å². The van der Waals surface area contributed by atoms with Gasteiger partial charge >= 0.3 is 0 Å². The van der Waals surface area contributed by atoms with Crippen LogP contribution in [0.4, 0.5) is 0 Å². The third-order valence-electron chi connectivity index (χ3n) is 10.9. The smallest absolute Gasteiger partial charge is 0.164 e. The lowest BCUT2D eigenvalue weighted by atomic mass is 9.98. The fraction of sp³-hybridized carbons (Fsp3) is 0. The van der Waals surface area contributed by atoms with Crippen molar-refractivity contribution in [3.63, 3.8) is 0 Å². The van der Waals surface area contributed by atoms with Crippen molar-refractivity contribution < 1.29 is 8.83 Å². The van der Waals surface area contributed by atoms with E-state index in [-0.39, 0.29) is 0 Å². The zero-order valence-corrected chi connectivity index (χ0v) is 28.7. The van der Waals surface area contributed by atoms with Crippen LogP contribution in [0.2, 0.25) is 0 Å². The number of benzene rings is 8. The lowest BCUT2D eigenvalue weighted by Gasteiger charge is -2.12. The van der Waals surface area contributed by atoms with Crippen molar-refractivity contribution >= 4 is 54.6 Å². The number of hydrogen-bond donors (Lipinski definition) is 0. The van der Waals surface area contributed by atoms with Crippen LogP contribution in [0.1, 0.15) is 0 Å². The van der Waals surface area contributed by atoms with Crippen LogP contribution in [0.25, 0.3) is 122 Å². The Balaban J connectivity index is 1.14. The first-order valence-electron chi connectivity index (χ1n) is 18.1. The van der Waals surface area contributed by atoms with Gasteiger partial charge in [-0.15, -0.1) is 0 Å². The van der Waals surface area contributed by atoms with E-state index >= 15 is 0 Å². The Kier molecular flexibility index (Phi) is 5.99. The van der Waals surface area contributed by atoms with Crippen molar-refractivity contribution in [2.24, 2.45) is 0 Å². The van der Waals surface area contributed by atoms with E-state index < -0.39 is 0 Å². The summed E-state index contributed by atoms with van der Waals surface area (Å²) in [6, 6.07) is 56.7. The highest BCUT2D eigenvalue weighted by Gasteiger charge is 2.25. The molecule has 5 heteroatoms. The number of fused-ring (bicyclic) bond motifs is 9. The van der Waals surface area contributed by atoms with Crippen LogP contribution in [0.5, 0.6) is 0 Å². The number of hydrogen-bond acceptors (Lipinski definition) is 5. The van der Waals surface area contributed by atoms with E-state index in [4.69, 9.17) is 23.8 Å². The molecule has 0 saturated heterocycles. The topological polar surface area (TPSA) is 65.0 Å². The average molecular weight is 690 g/mol. The van der Waals surface area contributed by atoms with E-state index in [2.05, 4.69) is 109 Å². The summed E-state index contributed by atoms with van der Waals surface area (Å²) in [5, 5.41) is 6.50. The maximum Gasteiger partial charge on any atom is 0.164 e. The minimum Gasteiger partial charge on any atom is -0.456 e. The van der Waals surface area contributed by atoms with Gasteiger partial charge < -0.3 is 8.83 Å². The Morgan fingerprint density at radius 3 is 1.69 bits per heavy atom. The number of rotatable bonds is 4. The van der Waals surface area contributed by atoms with Gasteiger partial charge in [0.05, 0.1) is 0 Å². The molecular formula is C49H27N3O2. The largest absolute Gasteiger partial charge is 0.456 e. The van der Waals surface area contributed by atoms with Crippen LogP contribution in [-0.2, 0) is 0 Å². The third kappa shape index (κ3) is 4.18. The highest BCUT2D eigenvalue weighted by Crippen LogP contribution is 2.48. The third-order valence-corrected chi connectivity index (χ3v) is 10.9. The monoisotopic (exact) mass is 689 g/mol. The van der Waals surface area contributed by atoms with E-state index in [1.807, 2.05) is 54.6 Å². The van der Waals surface area contributed by atoms with Gasteiger partial charge in [-0.3, -0.25) is 0 Å². The average Bonchev–Trinajstić information content (AvgIpc) is 3.92. The van der Waals surface area contributed by atoms with Crippen molar-refractivity contribution in [2.75, 3.05) is 0 Å². The van der Waals surface area contributed by atoms with E-state index in [1.54, 1.807) is 0 Å². The van der Waals surface area contributed by atoms with Crippen molar-refractivity contribution in [1.82, 2.24) is 15.0 Å². The second-order valence-corrected chi connectivity index (χ2v) is 13.9. The van der Waals surface area contributed by atoms with Crippen molar-refractivity contribution in [1.29, 1.82) is 0 Å². The summed E-state index contributed by atoms with van der Waals surface area (Å²) in [6.07, 6.45) is 0. The predicted octanol–water partition coefficient (Wildman–Crippen LogP) is 13.1. The van der Waals surface area contributed by atoms with E-state index in [9.17, 15) is 0 Å². The number of nitrogens with zero attached hydrogens (tertiary/aromatic N) is 3. The molecule has 250 valence electrons. The first kappa shape index (κ1) is 29.2. The molecule has 12 rings (SSSR count). The minimum absolute atomic E-state index is 0.571. The Morgan fingerprint density at radius 2 is 0.889 bits per heavy atom. The molecule has 0 bridgehead atoms. The maximum absolute atomic E-state index is 6.65. The molecule has 5 nitrogen and oxygen atoms in total. The first-order chi connectivity index (χ1) is 26.8. The van der Waals surface area contributed by atoms with Crippen LogP contribution >= 0.6 is 0 Å². The molecule has 3 aromatic heterocycles. The molecule has 1 aliphatic carbocycles. The maximum atomic E-state index is 6.65. The SMILES string of the molecule is c1ccc(-c2ccc(-c3nc(-c4ccc5c(c4)-c4cccc6cccc-5c46)nc(-c4cccc5oc6ccccc6c45)n3)c3c2oc2ccccc23)cc1. The standard InChI is InChI=1S/C49H27N3O2/c1-2-11-28(12-3-1)31-25-26-38(45-36-16-5-7-21-41(36)54-46(31)45)49-51-47(30-23-24-32-33-17-8-13-29-14-9-18-34(43(29)33)39(32)27-30)50-48(52-49)37-19-10-22-42-44(37)35-15-4-6-20-40(35)53-42/h1-27H. The van der Waals surface area contributed by atoms with Crippen LogP contribution in [-0.4, -0.2) is 15.0 Å². The lowest BCUT2D eigenvalue weighted by Crippen LogP contribution is -2.01. The van der Waals surface area contributed by atoms with Crippen molar-refractivity contribution in [2.45, 2.75) is 0 Å². The van der Waals surface area contributed by atoms with Crippen molar-refractivity contribution in [3.05, 3.63) is 164 Å². The van der Waals surface area contributed by atoms with E-state index in [1.165, 1.54) is 33.0 Å². The second-order valence-electron chi connectivity index (χ2n) is 13.9. The van der Waals surface area contributed by atoms with Gasteiger partial charge in [-0.25, -0.2) is 15.0 Å². The number of aromatic nitrogens is 3. The molecule has 0 fully saturated rings. The lowest BCUT2D eigenvalue weighted by molar-refractivity contribution is 0.669. The molecule has 0 saturated carbocycles. The summed E-state index contributed by atoms with van der Waals surface area (Å²) in [4.78, 5) is 15.9. The summed E-state index contributed by atoms with van der Waals surface area (Å²) in [5.74, 6) is 1.74. The molecule has 0 amide bonds. The zero-order chi connectivity index (χ0) is 35.3. The Bertz CT molecular complexity index is 3330. The summed E-state index contributed by atoms with van der Waals surface area (Å²) in [7, 11) is 0. The van der Waals surface area contributed by atoms with Gasteiger partial charge in [-0.2, -0.15) is 0 Å². The summed E-state index contributed by atoms with van der Waals surface area (Å²) in [5.41, 5.74) is 12.9. The van der Waals surface area contributed by atoms with Crippen LogP contribution < -0.4 is 0 Å². The molecule has 0 spiro atoms. The Labute approximate surface area is 308 Å². The second kappa shape index (κ2) is 11.1. The summed E-state index contributed by atoms with van der Waals surface area (Å²) < 4.78 is 13.0. The van der Waals surface area contributed by atoms with Gasteiger partial charge in [0.2, 0.25) is 0 Å². The normalized spacial score (nSPS) is 12.1. The Hall–Kier alpha value is -7.37. The van der Waals surface area contributed by atoms with Gasteiger partial charge in [0.25, 0.3) is 0 Å². The fourth-order valence-electron chi connectivity index (χ4n) is 8.50. The number of para-hydroxylation sites is 2. The molecule has 54 heavy (non-hydrogen) atoms. The van der Waals surface area contributed by atoms with Gasteiger partial charge in [-0.05, 0) is 75.0 Å². The molecule has 8 aromatic carbocycles. The molecule has 0 aliphatic heterocycles. The molecule has 3 heterocycles. The summed E-state index contributed by atoms with van der Waals surface area (Å²) in [6.45, 7) is 0. The summed E-state index contributed by atoms with van der Waals surface area (Å²) >= 11 is 0. The molecular weight excluding hydrogens is 663 g/mol. The molecule has 1 aliphatic rings. The zero-order valence-electron chi connectivity index (χ0n) is 28.7. The van der Waals surface area contributed by atoms with E-state index in [0.29, 0.717) is 17.5 Å². The molecule has 0 unspecified atom stereocenters. The van der Waals surface area contributed by atoms with Gasteiger partial charge in [0.15, 0.2) is 17.5 Å². The van der Waals surface area contributed by atoms with Crippen LogP contribution in [0, 0.1) is 0 Å². The first-order valence-corrected chi connectivity index (χ1v) is 18.1. The fourth-order valence-corrected chi connectivity index (χ4v) is 8.50. The molecule has 11 aromatic rings. The molecule has 0 radical (unpaired) electrons. The Morgan fingerprint density at radius 1 is 0.315 bits per heavy atom. The number of furan rings is 2. The van der Waals surface area contributed by atoms with Crippen LogP contribution in [0.3, 0.4) is 0 Å². The highest BCUT2D eigenvalue weighted by atomic mass is 16.3. The van der Waals surface area contributed by atoms with Crippen molar-refractivity contribution in [3.8, 4) is 67.5 Å².